The van der Waals surface area contributed by atoms with Gasteiger partial charge in [-0.05, 0) is 18.6 Å². The van der Waals surface area contributed by atoms with Gasteiger partial charge in [-0.25, -0.2) is 0 Å². The summed E-state index contributed by atoms with van der Waals surface area (Å²) in [6.07, 6.45) is 0. The largest absolute Gasteiger partial charge is 0.504 e. The lowest BCUT2D eigenvalue weighted by Crippen LogP contribution is -1.87. The molecule has 1 aromatic carbocycles. The van der Waals surface area contributed by atoms with Gasteiger partial charge in [0.05, 0.1) is 5.69 Å². The lowest BCUT2D eigenvalue weighted by Gasteiger charge is -2.05. The van der Waals surface area contributed by atoms with Crippen LogP contribution in [-0.4, -0.2) is 15.3 Å². The van der Waals surface area contributed by atoms with Crippen LogP contribution in [0.5, 0.6) is 17.2 Å². The maximum Gasteiger partial charge on any atom is 0.202 e. The highest BCUT2D eigenvalue weighted by Crippen LogP contribution is 2.41. The summed E-state index contributed by atoms with van der Waals surface area (Å²) in [4.78, 5) is 0. The number of hydrogen-bond acceptors (Lipinski definition) is 4. The molecule has 0 aromatic heterocycles. The van der Waals surface area contributed by atoms with Gasteiger partial charge in [-0.15, -0.1) is 0 Å². The van der Waals surface area contributed by atoms with E-state index in [0.717, 1.165) is 0 Å². The lowest BCUT2D eigenvalue weighted by molar-refractivity contribution is 0.367. The SMILES string of the molecule is Cc1cc(N)c(O)c(O)c1O. The number of aryl methyl sites for hydroxylation is 1. The Hall–Kier alpha value is -1.58. The molecule has 0 fully saturated rings. The van der Waals surface area contributed by atoms with Crippen molar-refractivity contribution in [3.05, 3.63) is 11.6 Å². The zero-order chi connectivity index (χ0) is 8.59. The number of phenolic OH excluding ortho intramolecular Hbond substituents is 3. The number of phenols is 3. The molecule has 4 nitrogen and oxygen atoms in total. The first-order valence-corrected chi connectivity index (χ1v) is 3.04. The van der Waals surface area contributed by atoms with Crippen LogP contribution < -0.4 is 5.73 Å². The number of anilines is 1. The monoisotopic (exact) mass is 155 g/mol. The number of hydrogen-bond donors (Lipinski definition) is 4. The van der Waals surface area contributed by atoms with Gasteiger partial charge in [-0.2, -0.15) is 0 Å². The molecule has 0 aliphatic heterocycles. The molecule has 11 heavy (non-hydrogen) atoms. The van der Waals surface area contributed by atoms with Crippen LogP contribution in [0, 0.1) is 6.92 Å². The third kappa shape index (κ3) is 1.02. The lowest BCUT2D eigenvalue weighted by atomic mass is 10.1. The highest BCUT2D eigenvalue weighted by atomic mass is 16.3. The van der Waals surface area contributed by atoms with Crippen molar-refractivity contribution in [2.45, 2.75) is 6.92 Å². The summed E-state index contributed by atoms with van der Waals surface area (Å²) < 4.78 is 0. The number of nitrogen functional groups attached to an aromatic ring is 1. The van der Waals surface area contributed by atoms with Crippen LogP contribution in [0.3, 0.4) is 0 Å². The molecule has 1 rings (SSSR count). The van der Waals surface area contributed by atoms with E-state index in [9.17, 15) is 0 Å². The summed E-state index contributed by atoms with van der Waals surface area (Å²) in [5.74, 6) is -1.38. The minimum atomic E-state index is -0.567. The molecule has 60 valence electrons. The van der Waals surface area contributed by atoms with Crippen molar-refractivity contribution in [1.82, 2.24) is 0 Å². The van der Waals surface area contributed by atoms with E-state index in [1.165, 1.54) is 6.07 Å². The van der Waals surface area contributed by atoms with Crippen molar-refractivity contribution < 1.29 is 15.3 Å². The van der Waals surface area contributed by atoms with E-state index in [1.807, 2.05) is 0 Å². The third-order valence-corrected chi connectivity index (χ3v) is 1.47. The second-order valence-electron chi connectivity index (χ2n) is 2.33. The molecular weight excluding hydrogens is 146 g/mol. The zero-order valence-corrected chi connectivity index (χ0v) is 6.00. The first-order valence-electron chi connectivity index (χ1n) is 3.04. The van der Waals surface area contributed by atoms with Gasteiger partial charge in [-0.1, -0.05) is 0 Å². The van der Waals surface area contributed by atoms with Gasteiger partial charge < -0.3 is 21.1 Å². The van der Waals surface area contributed by atoms with E-state index >= 15 is 0 Å². The highest BCUT2D eigenvalue weighted by molar-refractivity contribution is 5.66. The molecule has 0 amide bonds. The molecule has 0 bridgehead atoms. The standard InChI is InChI=1S/C7H9NO3/c1-3-2-4(8)6(10)7(11)5(3)9/h2,9-11H,8H2,1H3. The molecule has 0 saturated heterocycles. The number of aromatic hydroxyl groups is 3. The van der Waals surface area contributed by atoms with E-state index in [-0.39, 0.29) is 11.4 Å². The second-order valence-corrected chi connectivity index (χ2v) is 2.33. The van der Waals surface area contributed by atoms with Crippen LogP contribution in [0.4, 0.5) is 5.69 Å². The molecule has 0 heterocycles. The normalized spacial score (nSPS) is 9.91. The Bertz CT molecular complexity index is 270. The Kier molecular flexibility index (Phi) is 1.53. The first kappa shape index (κ1) is 7.53. The molecule has 5 N–H and O–H groups in total. The Morgan fingerprint density at radius 3 is 2.18 bits per heavy atom. The molecule has 0 aliphatic carbocycles. The average Bonchev–Trinajstić information content (AvgIpc) is 1.97. The van der Waals surface area contributed by atoms with E-state index in [4.69, 9.17) is 21.1 Å². The second kappa shape index (κ2) is 2.23. The summed E-state index contributed by atoms with van der Waals surface area (Å²) in [5, 5.41) is 27.0. The van der Waals surface area contributed by atoms with E-state index in [1.54, 1.807) is 6.92 Å². The molecule has 0 aliphatic rings. The van der Waals surface area contributed by atoms with Crippen LogP contribution in [0.1, 0.15) is 5.56 Å². The molecule has 0 radical (unpaired) electrons. The number of benzene rings is 1. The fourth-order valence-electron chi connectivity index (χ4n) is 0.806. The van der Waals surface area contributed by atoms with Crippen molar-refractivity contribution >= 4 is 5.69 Å². The smallest absolute Gasteiger partial charge is 0.202 e. The molecule has 1 aromatic rings. The minimum absolute atomic E-state index is 0.0535. The van der Waals surface area contributed by atoms with Gasteiger partial charge in [0.2, 0.25) is 5.75 Å². The van der Waals surface area contributed by atoms with Crippen LogP contribution in [0.25, 0.3) is 0 Å². The molecular formula is C7H9NO3. The minimum Gasteiger partial charge on any atom is -0.504 e. The van der Waals surface area contributed by atoms with E-state index < -0.39 is 11.5 Å². The van der Waals surface area contributed by atoms with Gasteiger partial charge in [0, 0.05) is 0 Å². The number of nitrogens with two attached hydrogens (primary N) is 1. The van der Waals surface area contributed by atoms with Crippen molar-refractivity contribution in [2.24, 2.45) is 0 Å². The van der Waals surface area contributed by atoms with Gasteiger partial charge >= 0.3 is 0 Å². The summed E-state index contributed by atoms with van der Waals surface area (Å²) in [7, 11) is 0. The fraction of sp³-hybridized carbons (Fsp3) is 0.143. The van der Waals surface area contributed by atoms with Crippen LogP contribution in [0.2, 0.25) is 0 Å². The van der Waals surface area contributed by atoms with Crippen LogP contribution >= 0.6 is 0 Å². The van der Waals surface area contributed by atoms with Gasteiger partial charge in [-0.3, -0.25) is 0 Å². The van der Waals surface area contributed by atoms with Gasteiger partial charge in [0.15, 0.2) is 11.5 Å². The summed E-state index contributed by atoms with van der Waals surface area (Å²) in [6, 6.07) is 1.38. The van der Waals surface area contributed by atoms with Crippen molar-refractivity contribution in [2.75, 3.05) is 5.73 Å². The first-order chi connectivity index (χ1) is 5.04. The Morgan fingerprint density at radius 2 is 1.64 bits per heavy atom. The third-order valence-electron chi connectivity index (χ3n) is 1.47. The zero-order valence-electron chi connectivity index (χ0n) is 6.00. The van der Waals surface area contributed by atoms with Gasteiger partial charge in [0.25, 0.3) is 0 Å². The average molecular weight is 155 g/mol. The summed E-state index contributed by atoms with van der Waals surface area (Å²) in [6.45, 7) is 1.57. The Morgan fingerprint density at radius 1 is 1.09 bits per heavy atom. The summed E-state index contributed by atoms with van der Waals surface area (Å²) >= 11 is 0. The quantitative estimate of drug-likeness (QED) is 0.252. The Balaban J connectivity index is 3.46. The molecule has 0 spiro atoms. The van der Waals surface area contributed by atoms with Crippen LogP contribution in [0.15, 0.2) is 6.07 Å². The van der Waals surface area contributed by atoms with Crippen molar-refractivity contribution in [3.8, 4) is 17.2 Å². The maximum absolute atomic E-state index is 9.05. The molecule has 0 saturated carbocycles. The Labute approximate surface area is 63.5 Å². The molecule has 0 atom stereocenters. The number of rotatable bonds is 0. The highest BCUT2D eigenvalue weighted by Gasteiger charge is 2.11. The van der Waals surface area contributed by atoms with Crippen molar-refractivity contribution in [1.29, 1.82) is 0 Å². The van der Waals surface area contributed by atoms with Crippen molar-refractivity contribution in [3.63, 3.8) is 0 Å². The van der Waals surface area contributed by atoms with Gasteiger partial charge in [0.1, 0.15) is 0 Å². The molecule has 4 heteroatoms. The fourth-order valence-corrected chi connectivity index (χ4v) is 0.806. The molecule has 0 unspecified atom stereocenters. The predicted molar refractivity (Wildman–Crippen MR) is 40.6 cm³/mol. The van der Waals surface area contributed by atoms with E-state index in [0.29, 0.717) is 5.56 Å². The maximum atomic E-state index is 9.05. The topological polar surface area (TPSA) is 86.7 Å². The summed E-state index contributed by atoms with van der Waals surface area (Å²) in [5.41, 5.74) is 5.75. The van der Waals surface area contributed by atoms with Crippen LogP contribution in [-0.2, 0) is 0 Å². The van der Waals surface area contributed by atoms with E-state index in [2.05, 4.69) is 0 Å². The predicted octanol–water partition coefficient (Wildman–Crippen LogP) is 0.694.